The summed E-state index contributed by atoms with van der Waals surface area (Å²) in [5, 5.41) is 2.71. The highest BCUT2D eigenvalue weighted by atomic mass is 35.5. The Morgan fingerprint density at radius 1 is 1.33 bits per heavy atom. The summed E-state index contributed by atoms with van der Waals surface area (Å²) in [6.45, 7) is 2.35. The summed E-state index contributed by atoms with van der Waals surface area (Å²) in [5.41, 5.74) is -0.760. The highest BCUT2D eigenvalue weighted by molar-refractivity contribution is 6.06. The van der Waals surface area contributed by atoms with Crippen LogP contribution in [0.15, 0.2) is 0 Å². The molecular weight excluding hydrogens is 218 g/mol. The highest BCUT2D eigenvalue weighted by Crippen LogP contribution is 2.18. The fraction of sp³-hybridized carbons (Fsp3) is 0.778. The number of hydrogen-bond acceptors (Lipinski definition) is 2. The summed E-state index contributed by atoms with van der Waals surface area (Å²) in [5.74, 6) is -0.157. The first-order valence-corrected chi connectivity index (χ1v) is 4.56. The first-order valence-electron chi connectivity index (χ1n) is 4.56. The number of imide groups is 1. The second-order valence-electron chi connectivity index (χ2n) is 5.07. The van der Waals surface area contributed by atoms with Gasteiger partial charge in [0.2, 0.25) is 0 Å². The van der Waals surface area contributed by atoms with E-state index in [1.165, 1.54) is 7.05 Å². The van der Waals surface area contributed by atoms with Crippen molar-refractivity contribution in [2.24, 2.45) is 0 Å². The summed E-state index contributed by atoms with van der Waals surface area (Å²) < 4.78 is 0.635. The molecule has 0 aliphatic carbocycles. The number of amides is 3. The molecule has 1 rings (SSSR count). The van der Waals surface area contributed by atoms with E-state index >= 15 is 0 Å². The van der Waals surface area contributed by atoms with Crippen LogP contribution < -0.4 is 17.7 Å². The SMILES string of the molecule is CN1C(=O)NC(C)(C[N+](C)(C)C)C1=O.[Cl-]. The fourth-order valence-corrected chi connectivity index (χ4v) is 1.89. The van der Waals surface area contributed by atoms with Crippen LogP contribution in [0.3, 0.4) is 0 Å². The van der Waals surface area contributed by atoms with Gasteiger partial charge in [-0.3, -0.25) is 9.69 Å². The lowest BCUT2D eigenvalue weighted by Gasteiger charge is -2.32. The van der Waals surface area contributed by atoms with Gasteiger partial charge in [0.1, 0.15) is 6.54 Å². The van der Waals surface area contributed by atoms with Crippen molar-refractivity contribution in [3.05, 3.63) is 0 Å². The zero-order valence-electron chi connectivity index (χ0n) is 9.80. The van der Waals surface area contributed by atoms with Gasteiger partial charge >= 0.3 is 6.03 Å². The number of quaternary nitrogens is 1. The van der Waals surface area contributed by atoms with Crippen molar-refractivity contribution >= 4 is 11.9 Å². The molecule has 1 atom stereocenters. The molecule has 0 aromatic rings. The van der Waals surface area contributed by atoms with E-state index in [0.29, 0.717) is 11.0 Å². The number of nitrogens with one attached hydrogen (secondary N) is 1. The van der Waals surface area contributed by atoms with Crippen LogP contribution in [0, 0.1) is 0 Å². The molecule has 3 amide bonds. The molecule has 1 unspecified atom stereocenters. The Hall–Kier alpha value is -0.810. The van der Waals surface area contributed by atoms with Crippen molar-refractivity contribution in [2.45, 2.75) is 12.5 Å². The quantitative estimate of drug-likeness (QED) is 0.402. The predicted octanol–water partition coefficient (Wildman–Crippen LogP) is -3.36. The number of carbonyl (C=O) groups excluding carboxylic acids is 2. The number of hydrogen-bond donors (Lipinski definition) is 1. The average Bonchev–Trinajstić information content (AvgIpc) is 2.11. The average molecular weight is 236 g/mol. The summed E-state index contributed by atoms with van der Waals surface area (Å²) in [6.07, 6.45) is 0. The largest absolute Gasteiger partial charge is 1.00 e. The summed E-state index contributed by atoms with van der Waals surface area (Å²) in [4.78, 5) is 24.2. The molecule has 5 nitrogen and oxygen atoms in total. The Morgan fingerprint density at radius 3 is 2.07 bits per heavy atom. The zero-order valence-corrected chi connectivity index (χ0v) is 10.6. The van der Waals surface area contributed by atoms with Crippen molar-refractivity contribution in [2.75, 3.05) is 34.7 Å². The molecule has 88 valence electrons. The van der Waals surface area contributed by atoms with E-state index in [9.17, 15) is 9.59 Å². The maximum absolute atomic E-state index is 11.7. The van der Waals surface area contributed by atoms with Gasteiger partial charge in [-0.25, -0.2) is 4.79 Å². The minimum absolute atomic E-state index is 0. The Morgan fingerprint density at radius 2 is 1.80 bits per heavy atom. The van der Waals surface area contributed by atoms with E-state index in [0.717, 1.165) is 4.90 Å². The van der Waals surface area contributed by atoms with E-state index < -0.39 is 5.54 Å². The highest BCUT2D eigenvalue weighted by Gasteiger charge is 2.49. The fourth-order valence-electron chi connectivity index (χ4n) is 1.89. The number of urea groups is 1. The van der Waals surface area contributed by atoms with Gasteiger partial charge in [0, 0.05) is 7.05 Å². The zero-order chi connectivity index (χ0) is 11.1. The third-order valence-corrected chi connectivity index (χ3v) is 2.25. The van der Waals surface area contributed by atoms with Gasteiger partial charge in [-0.15, -0.1) is 0 Å². The van der Waals surface area contributed by atoms with Gasteiger partial charge in [0.25, 0.3) is 5.91 Å². The monoisotopic (exact) mass is 235 g/mol. The number of nitrogens with zero attached hydrogens (tertiary/aromatic N) is 2. The van der Waals surface area contributed by atoms with Crippen LogP contribution in [0.1, 0.15) is 6.92 Å². The summed E-state index contributed by atoms with van der Waals surface area (Å²) in [7, 11) is 7.47. The maximum Gasteiger partial charge on any atom is 0.324 e. The Bertz CT molecular complexity index is 288. The molecule has 1 N–H and O–H groups in total. The minimum atomic E-state index is -0.760. The Kier molecular flexibility index (Phi) is 3.77. The van der Waals surface area contributed by atoms with Gasteiger partial charge in [-0.1, -0.05) is 0 Å². The van der Waals surface area contributed by atoms with Gasteiger partial charge in [-0.05, 0) is 6.92 Å². The molecule has 6 heteroatoms. The topological polar surface area (TPSA) is 49.4 Å². The third kappa shape index (κ3) is 2.82. The number of halogens is 1. The third-order valence-electron chi connectivity index (χ3n) is 2.25. The van der Waals surface area contributed by atoms with Crippen LogP contribution in [0.5, 0.6) is 0 Å². The molecule has 1 aliphatic heterocycles. The molecular formula is C9H18ClN3O2. The Labute approximate surface area is 96.4 Å². The van der Waals surface area contributed by atoms with Crippen molar-refractivity contribution in [3.63, 3.8) is 0 Å². The predicted molar refractivity (Wildman–Crippen MR) is 52.6 cm³/mol. The summed E-state index contributed by atoms with van der Waals surface area (Å²) >= 11 is 0. The van der Waals surface area contributed by atoms with Crippen LogP contribution in [0.25, 0.3) is 0 Å². The minimum Gasteiger partial charge on any atom is -1.00 e. The lowest BCUT2D eigenvalue weighted by molar-refractivity contribution is -0.872. The van der Waals surface area contributed by atoms with E-state index in [2.05, 4.69) is 5.32 Å². The van der Waals surface area contributed by atoms with Crippen LogP contribution in [-0.4, -0.2) is 61.6 Å². The van der Waals surface area contributed by atoms with Crippen LogP contribution >= 0.6 is 0 Å². The lowest BCUT2D eigenvalue weighted by atomic mass is 10.0. The van der Waals surface area contributed by atoms with Crippen molar-refractivity contribution < 1.29 is 26.5 Å². The molecule has 0 spiro atoms. The molecule has 1 fully saturated rings. The molecule has 0 saturated carbocycles. The molecule has 0 aromatic heterocycles. The standard InChI is InChI=1S/C9H17N3O2.ClH/c1-9(6-12(3,4)5)7(13)11(2)8(14)10-9;/h6H2,1-5H3;1H. The van der Waals surface area contributed by atoms with Crippen LogP contribution in [-0.2, 0) is 4.79 Å². The Balaban J connectivity index is 0.00000196. The first-order chi connectivity index (χ1) is 6.16. The molecule has 0 aromatic carbocycles. The van der Waals surface area contributed by atoms with E-state index in [-0.39, 0.29) is 24.3 Å². The van der Waals surface area contributed by atoms with Crippen molar-refractivity contribution in [3.8, 4) is 0 Å². The smallest absolute Gasteiger partial charge is 0.324 e. The number of rotatable bonds is 2. The molecule has 0 bridgehead atoms. The summed E-state index contributed by atoms with van der Waals surface area (Å²) in [6, 6.07) is -0.314. The van der Waals surface area contributed by atoms with Gasteiger partial charge in [-0.2, -0.15) is 0 Å². The number of carbonyl (C=O) groups is 2. The van der Waals surface area contributed by atoms with Gasteiger partial charge in [0.05, 0.1) is 21.1 Å². The van der Waals surface area contributed by atoms with E-state index in [1.807, 2.05) is 21.1 Å². The molecule has 15 heavy (non-hydrogen) atoms. The van der Waals surface area contributed by atoms with E-state index in [1.54, 1.807) is 6.92 Å². The molecule has 1 aliphatic rings. The van der Waals surface area contributed by atoms with Gasteiger partial charge in [0.15, 0.2) is 5.54 Å². The second-order valence-corrected chi connectivity index (χ2v) is 5.07. The number of likely N-dealkylation sites (N-methyl/N-ethyl adjacent to an activating group) is 2. The van der Waals surface area contributed by atoms with Crippen molar-refractivity contribution in [1.82, 2.24) is 10.2 Å². The second kappa shape index (κ2) is 3.98. The van der Waals surface area contributed by atoms with Crippen molar-refractivity contribution in [1.29, 1.82) is 0 Å². The molecule has 0 radical (unpaired) electrons. The molecule has 1 heterocycles. The van der Waals surface area contributed by atoms with Crippen LogP contribution in [0.4, 0.5) is 4.79 Å². The molecule has 1 saturated heterocycles. The van der Waals surface area contributed by atoms with Crippen LogP contribution in [0.2, 0.25) is 0 Å². The van der Waals surface area contributed by atoms with Gasteiger partial charge < -0.3 is 22.2 Å². The maximum atomic E-state index is 11.7. The normalized spacial score (nSPS) is 26.3. The first kappa shape index (κ1) is 14.2. The lowest BCUT2D eigenvalue weighted by Crippen LogP contribution is -3.00. The van der Waals surface area contributed by atoms with E-state index in [4.69, 9.17) is 0 Å².